The highest BCUT2D eigenvalue weighted by Crippen LogP contribution is 2.36. The van der Waals surface area contributed by atoms with E-state index in [1.54, 1.807) is 35.4 Å². The lowest BCUT2D eigenvalue weighted by Crippen LogP contribution is -2.44. The molecule has 0 bridgehead atoms. The second kappa shape index (κ2) is 14.7. The molecule has 3 aliphatic heterocycles. The SMILES string of the molecule is CN1CCC[C@@H]1C(=O)N1CCC[C@H]1c1ncc(-c2ccc(-c3ccc(-c4cnc([C@@H]5CCCN5C(=O)[C@H](OC(N)=O)c5ccccc5)[nH]4)cc3)cc2)[nH]1. The number of primary amides is 1. The van der Waals surface area contributed by atoms with Crippen LogP contribution in [0.2, 0.25) is 0 Å². The van der Waals surface area contributed by atoms with Gasteiger partial charge in [-0.05, 0) is 74.4 Å². The molecule has 0 radical (unpaired) electrons. The van der Waals surface area contributed by atoms with Gasteiger partial charge in [-0.3, -0.25) is 14.5 Å². The Morgan fingerprint density at radius 1 is 0.698 bits per heavy atom. The zero-order chi connectivity index (χ0) is 36.5. The minimum absolute atomic E-state index is 0.0107. The molecule has 4 N–H and O–H groups in total. The van der Waals surface area contributed by atoms with Gasteiger partial charge < -0.3 is 30.2 Å². The monoisotopic (exact) mass is 712 g/mol. The Labute approximate surface area is 308 Å². The number of likely N-dealkylation sites (tertiary alicyclic amines) is 3. The molecule has 53 heavy (non-hydrogen) atoms. The summed E-state index contributed by atoms with van der Waals surface area (Å²) in [7, 11) is 2.05. The zero-order valence-corrected chi connectivity index (χ0v) is 29.8. The van der Waals surface area contributed by atoms with Gasteiger partial charge in [0.15, 0.2) is 0 Å². The number of carbonyl (C=O) groups excluding carboxylic acids is 3. The fourth-order valence-electron chi connectivity index (χ4n) is 8.19. The average molecular weight is 713 g/mol. The number of hydrogen-bond donors (Lipinski definition) is 3. The normalized spacial score (nSPS) is 20.9. The van der Waals surface area contributed by atoms with Crippen LogP contribution >= 0.6 is 0 Å². The van der Waals surface area contributed by atoms with E-state index in [9.17, 15) is 14.4 Å². The second-order valence-corrected chi connectivity index (χ2v) is 14.3. The average Bonchev–Trinajstić information content (AvgIpc) is 4.03. The highest BCUT2D eigenvalue weighted by Gasteiger charge is 2.39. The fourth-order valence-corrected chi connectivity index (χ4v) is 8.19. The van der Waals surface area contributed by atoms with Crippen molar-refractivity contribution < 1.29 is 19.1 Å². The molecule has 272 valence electrons. The summed E-state index contributed by atoms with van der Waals surface area (Å²) < 4.78 is 5.29. The lowest BCUT2D eigenvalue weighted by molar-refractivity contribution is -0.141. The van der Waals surface area contributed by atoms with Crippen LogP contribution in [0.15, 0.2) is 91.3 Å². The van der Waals surface area contributed by atoms with Crippen LogP contribution in [-0.4, -0.2) is 85.3 Å². The number of ether oxygens (including phenoxy) is 1. The van der Waals surface area contributed by atoms with Crippen molar-refractivity contribution in [2.75, 3.05) is 26.7 Å². The van der Waals surface area contributed by atoms with Crippen LogP contribution < -0.4 is 5.73 Å². The maximum atomic E-state index is 13.7. The molecule has 3 amide bonds. The summed E-state index contributed by atoms with van der Waals surface area (Å²) in [6.07, 6.45) is 7.00. The maximum absolute atomic E-state index is 13.7. The van der Waals surface area contributed by atoms with Crippen LogP contribution in [-0.2, 0) is 14.3 Å². The molecular formula is C41H44N8O4. The van der Waals surface area contributed by atoms with Gasteiger partial charge in [0.1, 0.15) is 11.6 Å². The van der Waals surface area contributed by atoms with Gasteiger partial charge in [0.05, 0.1) is 41.9 Å². The maximum Gasteiger partial charge on any atom is 0.405 e. The third kappa shape index (κ3) is 6.94. The van der Waals surface area contributed by atoms with Crippen molar-refractivity contribution in [3.05, 3.63) is 108 Å². The Hall–Kier alpha value is -5.75. The van der Waals surface area contributed by atoms with Gasteiger partial charge in [-0.15, -0.1) is 0 Å². The molecule has 3 saturated heterocycles. The highest BCUT2D eigenvalue weighted by molar-refractivity contribution is 5.85. The van der Waals surface area contributed by atoms with Crippen LogP contribution in [0.25, 0.3) is 33.6 Å². The van der Waals surface area contributed by atoms with Crippen LogP contribution in [0, 0.1) is 0 Å². The molecule has 0 spiro atoms. The second-order valence-electron chi connectivity index (χ2n) is 14.3. The Morgan fingerprint density at radius 3 is 1.74 bits per heavy atom. The molecule has 12 heteroatoms. The van der Waals surface area contributed by atoms with Crippen molar-refractivity contribution in [2.45, 2.75) is 62.8 Å². The Balaban J connectivity index is 0.928. The third-order valence-corrected chi connectivity index (χ3v) is 11.0. The van der Waals surface area contributed by atoms with Crippen LogP contribution in [0.1, 0.15) is 73.9 Å². The molecule has 0 aliphatic carbocycles. The van der Waals surface area contributed by atoms with E-state index in [1.165, 1.54) is 0 Å². The number of nitrogens with zero attached hydrogens (tertiary/aromatic N) is 5. The minimum Gasteiger partial charge on any atom is -0.431 e. The largest absolute Gasteiger partial charge is 0.431 e. The van der Waals surface area contributed by atoms with E-state index in [2.05, 4.69) is 68.4 Å². The lowest BCUT2D eigenvalue weighted by atomic mass is 10.0. The van der Waals surface area contributed by atoms with E-state index < -0.39 is 12.2 Å². The number of carbonyl (C=O) groups is 3. The minimum atomic E-state index is -1.12. The summed E-state index contributed by atoms with van der Waals surface area (Å²) in [5, 5.41) is 0. The van der Waals surface area contributed by atoms with Gasteiger partial charge in [0, 0.05) is 18.7 Å². The van der Waals surface area contributed by atoms with Gasteiger partial charge in [-0.2, -0.15) is 0 Å². The first kappa shape index (κ1) is 34.3. The number of aromatic nitrogens is 4. The van der Waals surface area contributed by atoms with Crippen molar-refractivity contribution in [3.8, 4) is 33.6 Å². The first-order valence-electron chi connectivity index (χ1n) is 18.5. The predicted octanol–water partition coefficient (Wildman–Crippen LogP) is 6.39. The van der Waals surface area contributed by atoms with E-state index in [-0.39, 0.29) is 29.9 Å². The summed E-state index contributed by atoms with van der Waals surface area (Å²) >= 11 is 0. The molecular weight excluding hydrogens is 669 g/mol. The lowest BCUT2D eigenvalue weighted by Gasteiger charge is -2.29. The number of aromatic amines is 2. The number of nitrogens with two attached hydrogens (primary N) is 1. The van der Waals surface area contributed by atoms with Crippen molar-refractivity contribution in [3.63, 3.8) is 0 Å². The summed E-state index contributed by atoms with van der Waals surface area (Å²) in [6.45, 7) is 2.28. The predicted molar refractivity (Wildman–Crippen MR) is 200 cm³/mol. The number of likely N-dealkylation sites (N-methyl/N-ethyl adjacent to an activating group) is 1. The Morgan fingerprint density at radius 2 is 1.21 bits per heavy atom. The number of imidazole rings is 2. The van der Waals surface area contributed by atoms with Crippen LogP contribution in [0.3, 0.4) is 0 Å². The molecule has 0 unspecified atom stereocenters. The van der Waals surface area contributed by atoms with Gasteiger partial charge in [0.25, 0.3) is 5.91 Å². The number of nitrogens with one attached hydrogen (secondary N) is 2. The molecule has 3 aliphatic rings. The van der Waals surface area contributed by atoms with Crippen molar-refractivity contribution in [1.29, 1.82) is 0 Å². The number of rotatable bonds is 9. The number of benzene rings is 3. The van der Waals surface area contributed by atoms with Crippen molar-refractivity contribution in [1.82, 2.24) is 34.6 Å². The van der Waals surface area contributed by atoms with E-state index in [4.69, 9.17) is 15.5 Å². The first-order chi connectivity index (χ1) is 25.8. The Kier molecular flexibility index (Phi) is 9.53. The van der Waals surface area contributed by atoms with Gasteiger partial charge in [0.2, 0.25) is 12.0 Å². The molecule has 12 nitrogen and oxygen atoms in total. The fraction of sp³-hybridized carbons (Fsp3) is 0.341. The van der Waals surface area contributed by atoms with E-state index in [0.717, 1.165) is 91.1 Å². The van der Waals surface area contributed by atoms with Gasteiger partial charge in [-0.1, -0.05) is 78.9 Å². The highest BCUT2D eigenvalue weighted by atomic mass is 16.6. The molecule has 3 fully saturated rings. The standard InChI is InChI=1S/C41H44N8O4/c1-47-21-5-12-35(47)39(50)48-22-6-10-33(48)37-43-24-31(45-37)28-17-13-26(14-18-28)27-15-19-29(20-16-27)32-25-44-38(46-32)34-11-7-23-49(34)40(51)36(53-41(42)52)30-8-3-2-4-9-30/h2-4,8-9,13-20,24-25,33-36H,5-7,10-12,21-23H2,1H3,(H2,42,52)(H,43,45)(H,44,46)/t33-,34-,35+,36+/m0/s1. The molecule has 3 aromatic carbocycles. The first-order valence-corrected chi connectivity index (χ1v) is 18.5. The molecule has 0 saturated carbocycles. The topological polar surface area (TPSA) is 154 Å². The van der Waals surface area contributed by atoms with E-state index in [0.29, 0.717) is 17.9 Å². The molecule has 5 aromatic rings. The van der Waals surface area contributed by atoms with Crippen molar-refractivity contribution >= 4 is 17.9 Å². The summed E-state index contributed by atoms with van der Waals surface area (Å²) in [5.41, 5.74) is 11.9. The molecule has 8 rings (SSSR count). The smallest absolute Gasteiger partial charge is 0.405 e. The number of H-pyrrole nitrogens is 2. The summed E-state index contributed by atoms with van der Waals surface area (Å²) in [6, 6.07) is 25.3. The molecule has 4 atom stereocenters. The molecule has 2 aromatic heterocycles. The third-order valence-electron chi connectivity index (χ3n) is 11.0. The van der Waals surface area contributed by atoms with Crippen LogP contribution in [0.4, 0.5) is 4.79 Å². The molecule has 5 heterocycles. The van der Waals surface area contributed by atoms with Gasteiger partial charge >= 0.3 is 6.09 Å². The quantitative estimate of drug-likeness (QED) is 0.160. The summed E-state index contributed by atoms with van der Waals surface area (Å²) in [5.74, 6) is 1.45. The van der Waals surface area contributed by atoms with Crippen LogP contribution in [0.5, 0.6) is 0 Å². The summed E-state index contributed by atoms with van der Waals surface area (Å²) in [4.78, 5) is 61.1. The Bertz CT molecular complexity index is 2080. The van der Waals surface area contributed by atoms with E-state index in [1.807, 2.05) is 24.2 Å². The van der Waals surface area contributed by atoms with E-state index >= 15 is 0 Å². The van der Waals surface area contributed by atoms with Crippen molar-refractivity contribution in [2.24, 2.45) is 5.73 Å². The van der Waals surface area contributed by atoms with Gasteiger partial charge in [-0.25, -0.2) is 14.8 Å². The zero-order valence-electron chi connectivity index (χ0n) is 29.8. The number of hydrogen-bond acceptors (Lipinski definition) is 7. The number of amides is 3.